The Balaban J connectivity index is 2.24. The normalized spacial score (nSPS) is 21.7. The fraction of sp³-hybridized carbons (Fsp3) is 0.571. The van der Waals surface area contributed by atoms with Crippen LogP contribution in [0.25, 0.3) is 0 Å². The summed E-state index contributed by atoms with van der Waals surface area (Å²) in [6.45, 7) is 2.06. The Bertz CT molecular complexity index is 356. The van der Waals surface area contributed by atoms with Crippen molar-refractivity contribution < 1.29 is 5.11 Å². The first-order valence-electron chi connectivity index (χ1n) is 6.17. The Hall–Kier alpha value is -0.860. The third-order valence-electron chi connectivity index (χ3n) is 3.82. The van der Waals surface area contributed by atoms with E-state index in [0.29, 0.717) is 0 Å². The van der Waals surface area contributed by atoms with Crippen LogP contribution in [0.5, 0.6) is 0 Å². The third-order valence-corrected chi connectivity index (χ3v) is 3.82. The Labute approximate surface area is 97.5 Å². The van der Waals surface area contributed by atoms with Gasteiger partial charge in [-0.2, -0.15) is 0 Å². The number of aryl methyl sites for hydroxylation is 1. The number of rotatable bonds is 2. The van der Waals surface area contributed by atoms with Gasteiger partial charge >= 0.3 is 0 Å². The van der Waals surface area contributed by atoms with E-state index in [1.807, 2.05) is 18.2 Å². The average molecular weight is 219 g/mol. The molecule has 2 heteroatoms. The van der Waals surface area contributed by atoms with Crippen LogP contribution in [-0.4, -0.2) is 10.7 Å². The molecule has 2 rings (SSSR count). The van der Waals surface area contributed by atoms with Crippen LogP contribution in [0.4, 0.5) is 0 Å². The van der Waals surface area contributed by atoms with E-state index in [0.717, 1.165) is 31.2 Å². The molecule has 1 aliphatic rings. The standard InChI is InChI=1S/C14H21NO/c1-11-7-3-4-8-12(11)13(15)14(16)9-5-2-6-10-14/h3-4,7-8,13,16H,2,5-6,9-10,15H2,1H3. The smallest absolute Gasteiger partial charge is 0.0839 e. The van der Waals surface area contributed by atoms with Gasteiger partial charge in [-0.3, -0.25) is 0 Å². The second kappa shape index (κ2) is 4.56. The minimum atomic E-state index is -0.690. The van der Waals surface area contributed by atoms with Gasteiger partial charge in [0, 0.05) is 0 Å². The van der Waals surface area contributed by atoms with Gasteiger partial charge in [0.25, 0.3) is 0 Å². The molecule has 1 unspecified atom stereocenters. The van der Waals surface area contributed by atoms with Crippen LogP contribution in [0.1, 0.15) is 49.3 Å². The Morgan fingerprint density at radius 1 is 1.19 bits per heavy atom. The molecule has 2 nitrogen and oxygen atoms in total. The number of aliphatic hydroxyl groups is 1. The summed E-state index contributed by atoms with van der Waals surface area (Å²) >= 11 is 0. The highest BCUT2D eigenvalue weighted by molar-refractivity contribution is 5.30. The molecule has 0 aliphatic heterocycles. The molecular formula is C14H21NO. The molecule has 3 N–H and O–H groups in total. The third kappa shape index (κ3) is 2.13. The van der Waals surface area contributed by atoms with Crippen molar-refractivity contribution in [3.63, 3.8) is 0 Å². The second-order valence-corrected chi connectivity index (χ2v) is 5.00. The summed E-state index contributed by atoms with van der Waals surface area (Å²) in [5.74, 6) is 0. The van der Waals surface area contributed by atoms with Crippen LogP contribution in [0.2, 0.25) is 0 Å². The number of hydrogen-bond donors (Lipinski definition) is 2. The van der Waals surface area contributed by atoms with E-state index in [1.54, 1.807) is 0 Å². The lowest BCUT2D eigenvalue weighted by atomic mass is 9.76. The van der Waals surface area contributed by atoms with Crippen LogP contribution < -0.4 is 5.73 Å². The highest BCUT2D eigenvalue weighted by Crippen LogP contribution is 2.37. The van der Waals surface area contributed by atoms with Gasteiger partial charge < -0.3 is 10.8 Å². The van der Waals surface area contributed by atoms with Gasteiger partial charge in [-0.05, 0) is 30.9 Å². The minimum Gasteiger partial charge on any atom is -0.388 e. The monoisotopic (exact) mass is 219 g/mol. The Morgan fingerprint density at radius 2 is 1.81 bits per heavy atom. The van der Waals surface area contributed by atoms with Gasteiger partial charge in [0.15, 0.2) is 0 Å². The molecule has 0 radical (unpaired) electrons. The summed E-state index contributed by atoms with van der Waals surface area (Å²) in [5.41, 5.74) is 7.83. The average Bonchev–Trinajstić information content (AvgIpc) is 2.30. The summed E-state index contributed by atoms with van der Waals surface area (Å²) in [4.78, 5) is 0. The molecular weight excluding hydrogens is 198 g/mol. The molecule has 88 valence electrons. The largest absolute Gasteiger partial charge is 0.388 e. The predicted molar refractivity (Wildman–Crippen MR) is 66.1 cm³/mol. The quantitative estimate of drug-likeness (QED) is 0.803. The van der Waals surface area contributed by atoms with Crippen LogP contribution in [0.15, 0.2) is 24.3 Å². The Kier molecular flexibility index (Phi) is 3.31. The lowest BCUT2D eigenvalue weighted by Gasteiger charge is -2.38. The van der Waals surface area contributed by atoms with Gasteiger partial charge in [-0.25, -0.2) is 0 Å². The molecule has 0 aromatic heterocycles. The minimum absolute atomic E-state index is 0.242. The maximum atomic E-state index is 10.6. The predicted octanol–water partition coefficient (Wildman–Crippen LogP) is 2.69. The SMILES string of the molecule is Cc1ccccc1C(N)C1(O)CCCCC1. The van der Waals surface area contributed by atoms with Crippen molar-refractivity contribution in [2.75, 3.05) is 0 Å². The zero-order valence-corrected chi connectivity index (χ0v) is 9.95. The van der Waals surface area contributed by atoms with Crippen molar-refractivity contribution in [1.82, 2.24) is 0 Å². The van der Waals surface area contributed by atoms with Gasteiger partial charge in [-0.1, -0.05) is 43.5 Å². The highest BCUT2D eigenvalue weighted by Gasteiger charge is 2.36. The van der Waals surface area contributed by atoms with Crippen LogP contribution >= 0.6 is 0 Å². The Morgan fingerprint density at radius 3 is 2.44 bits per heavy atom. The molecule has 1 atom stereocenters. The van der Waals surface area contributed by atoms with Crippen molar-refractivity contribution in [2.24, 2.45) is 5.73 Å². The van der Waals surface area contributed by atoms with E-state index in [9.17, 15) is 5.11 Å². The molecule has 16 heavy (non-hydrogen) atoms. The molecule has 0 spiro atoms. The maximum absolute atomic E-state index is 10.6. The second-order valence-electron chi connectivity index (χ2n) is 5.00. The topological polar surface area (TPSA) is 46.2 Å². The molecule has 1 saturated carbocycles. The van der Waals surface area contributed by atoms with Crippen LogP contribution in [-0.2, 0) is 0 Å². The number of hydrogen-bond acceptors (Lipinski definition) is 2. The van der Waals surface area contributed by atoms with Crippen molar-refractivity contribution in [3.05, 3.63) is 35.4 Å². The van der Waals surface area contributed by atoms with Crippen LogP contribution in [0, 0.1) is 6.92 Å². The van der Waals surface area contributed by atoms with E-state index in [2.05, 4.69) is 13.0 Å². The van der Waals surface area contributed by atoms with Crippen molar-refractivity contribution in [3.8, 4) is 0 Å². The molecule has 0 amide bonds. The molecule has 1 aromatic rings. The van der Waals surface area contributed by atoms with E-state index >= 15 is 0 Å². The zero-order chi connectivity index (χ0) is 11.6. The summed E-state index contributed by atoms with van der Waals surface area (Å²) in [6.07, 6.45) is 5.08. The van der Waals surface area contributed by atoms with E-state index in [-0.39, 0.29) is 6.04 Å². The molecule has 0 saturated heterocycles. The van der Waals surface area contributed by atoms with Gasteiger partial charge in [0.2, 0.25) is 0 Å². The first-order valence-corrected chi connectivity index (χ1v) is 6.17. The van der Waals surface area contributed by atoms with E-state index < -0.39 is 5.60 Å². The van der Waals surface area contributed by atoms with E-state index in [4.69, 9.17) is 5.73 Å². The first kappa shape index (κ1) is 11.6. The molecule has 0 heterocycles. The molecule has 0 bridgehead atoms. The first-order chi connectivity index (χ1) is 7.63. The fourth-order valence-electron chi connectivity index (χ4n) is 2.70. The molecule has 1 fully saturated rings. The van der Waals surface area contributed by atoms with Gasteiger partial charge in [0.05, 0.1) is 11.6 Å². The number of benzene rings is 1. The molecule has 1 aliphatic carbocycles. The summed E-state index contributed by atoms with van der Waals surface area (Å²) in [5, 5.41) is 10.6. The summed E-state index contributed by atoms with van der Waals surface area (Å²) < 4.78 is 0. The van der Waals surface area contributed by atoms with Crippen molar-refractivity contribution >= 4 is 0 Å². The fourth-order valence-corrected chi connectivity index (χ4v) is 2.70. The molecule has 1 aromatic carbocycles. The van der Waals surface area contributed by atoms with Gasteiger partial charge in [0.1, 0.15) is 0 Å². The number of nitrogens with two attached hydrogens (primary N) is 1. The lowest BCUT2D eigenvalue weighted by Crippen LogP contribution is -2.43. The summed E-state index contributed by atoms with van der Waals surface area (Å²) in [7, 11) is 0. The lowest BCUT2D eigenvalue weighted by molar-refractivity contribution is -0.0204. The zero-order valence-electron chi connectivity index (χ0n) is 9.95. The van der Waals surface area contributed by atoms with Crippen LogP contribution in [0.3, 0.4) is 0 Å². The maximum Gasteiger partial charge on any atom is 0.0839 e. The highest BCUT2D eigenvalue weighted by atomic mass is 16.3. The van der Waals surface area contributed by atoms with Crippen molar-refractivity contribution in [2.45, 2.75) is 50.7 Å². The van der Waals surface area contributed by atoms with Crippen molar-refractivity contribution in [1.29, 1.82) is 0 Å². The summed E-state index contributed by atoms with van der Waals surface area (Å²) in [6, 6.07) is 7.85. The van der Waals surface area contributed by atoms with Gasteiger partial charge in [-0.15, -0.1) is 0 Å². The van der Waals surface area contributed by atoms with E-state index in [1.165, 1.54) is 12.0 Å².